The third-order valence-electron chi connectivity index (χ3n) is 6.90. The molecule has 0 radical (unpaired) electrons. The number of aryl methyl sites for hydroxylation is 1. The van der Waals surface area contributed by atoms with Crippen molar-refractivity contribution in [1.29, 1.82) is 0 Å². The minimum absolute atomic E-state index is 0.00228. The van der Waals surface area contributed by atoms with Crippen LogP contribution in [0.2, 0.25) is 0 Å². The molecule has 4 rings (SSSR count). The number of hydrogen-bond donors (Lipinski definition) is 2. The highest BCUT2D eigenvalue weighted by molar-refractivity contribution is 5.94. The van der Waals surface area contributed by atoms with Gasteiger partial charge in [0, 0.05) is 38.2 Å². The van der Waals surface area contributed by atoms with Crippen LogP contribution < -0.4 is 10.6 Å². The number of ether oxygens (including phenoxy) is 1. The highest BCUT2D eigenvalue weighted by Gasteiger charge is 2.35. The number of benzene rings is 1. The predicted octanol–water partition coefficient (Wildman–Crippen LogP) is 3.92. The quantitative estimate of drug-likeness (QED) is 0.524. The molecule has 0 bridgehead atoms. The fourth-order valence-electron chi connectivity index (χ4n) is 4.94. The highest BCUT2D eigenvalue weighted by atomic mass is 16.5. The van der Waals surface area contributed by atoms with Gasteiger partial charge in [0.1, 0.15) is 11.9 Å². The van der Waals surface area contributed by atoms with Crippen LogP contribution in [-0.4, -0.2) is 52.9 Å². The molecule has 2 heterocycles. The molecule has 8 nitrogen and oxygen atoms in total. The number of carbonyl (C=O) groups excluding carboxylic acids is 3. The average molecular weight is 493 g/mol. The summed E-state index contributed by atoms with van der Waals surface area (Å²) in [6.45, 7) is 2.97. The predicted molar refractivity (Wildman–Crippen MR) is 137 cm³/mol. The van der Waals surface area contributed by atoms with Crippen molar-refractivity contribution in [2.45, 2.75) is 76.5 Å². The lowest BCUT2D eigenvalue weighted by molar-refractivity contribution is -0.143. The van der Waals surface area contributed by atoms with E-state index in [9.17, 15) is 14.4 Å². The molecule has 1 aliphatic heterocycles. The Morgan fingerprint density at radius 2 is 1.81 bits per heavy atom. The van der Waals surface area contributed by atoms with E-state index in [0.717, 1.165) is 49.7 Å². The molecule has 1 aromatic carbocycles. The average Bonchev–Trinajstić information content (AvgIpc) is 3.58. The van der Waals surface area contributed by atoms with Crippen molar-refractivity contribution in [3.05, 3.63) is 59.8 Å². The smallest absolute Gasteiger partial charge is 0.247 e. The van der Waals surface area contributed by atoms with Crippen molar-refractivity contribution in [1.82, 2.24) is 15.2 Å². The second kappa shape index (κ2) is 12.6. The van der Waals surface area contributed by atoms with Gasteiger partial charge in [-0.1, -0.05) is 48.7 Å². The summed E-state index contributed by atoms with van der Waals surface area (Å²) >= 11 is 0. The summed E-state index contributed by atoms with van der Waals surface area (Å²) < 4.78 is 5.84. The van der Waals surface area contributed by atoms with Crippen molar-refractivity contribution in [3.8, 4) is 0 Å². The molecule has 36 heavy (non-hydrogen) atoms. The number of aromatic nitrogens is 1. The van der Waals surface area contributed by atoms with Crippen molar-refractivity contribution < 1.29 is 19.1 Å². The third-order valence-corrected chi connectivity index (χ3v) is 6.90. The monoisotopic (exact) mass is 492 g/mol. The second-order valence-electron chi connectivity index (χ2n) is 9.75. The van der Waals surface area contributed by atoms with E-state index >= 15 is 0 Å². The Morgan fingerprint density at radius 3 is 2.47 bits per heavy atom. The minimum Gasteiger partial charge on any atom is -0.376 e. The zero-order valence-corrected chi connectivity index (χ0v) is 20.9. The Bertz CT molecular complexity index is 1020. The molecular formula is C28H36N4O4. The first kappa shape index (κ1) is 25.8. The van der Waals surface area contributed by atoms with E-state index in [1.165, 1.54) is 0 Å². The van der Waals surface area contributed by atoms with Crippen LogP contribution in [0.3, 0.4) is 0 Å². The van der Waals surface area contributed by atoms with Crippen LogP contribution in [0.15, 0.2) is 48.7 Å². The summed E-state index contributed by atoms with van der Waals surface area (Å²) in [6.07, 6.45) is 7.36. The van der Waals surface area contributed by atoms with Crippen molar-refractivity contribution in [2.75, 3.05) is 18.5 Å². The molecule has 1 aliphatic carbocycles. The molecule has 2 N–H and O–H groups in total. The standard InChI is InChI=1S/C28H36N4O4/c1-20-11-13-21(14-12-20)27(28(35)30-22-7-2-3-8-22)32(19-23-9-6-18-36-23)26(34)16-15-25(33)31-24-10-4-5-17-29-24/h4-5,10-14,17,22-23,27H,2-3,6-9,15-16,18-19H2,1H3,(H,30,35)(H,29,31,33)/t23-,27+/m1/s1. The van der Waals surface area contributed by atoms with Gasteiger partial charge in [-0.15, -0.1) is 0 Å². The molecule has 1 saturated heterocycles. The first-order valence-corrected chi connectivity index (χ1v) is 13.0. The number of hydrogen-bond acceptors (Lipinski definition) is 5. The molecular weight excluding hydrogens is 456 g/mol. The van der Waals surface area contributed by atoms with Gasteiger partial charge in [0.15, 0.2) is 0 Å². The van der Waals surface area contributed by atoms with E-state index in [1.54, 1.807) is 29.3 Å². The van der Waals surface area contributed by atoms with Crippen molar-refractivity contribution in [2.24, 2.45) is 0 Å². The molecule has 8 heteroatoms. The fourth-order valence-corrected chi connectivity index (χ4v) is 4.94. The van der Waals surface area contributed by atoms with Crippen LogP contribution in [0.25, 0.3) is 0 Å². The Hall–Kier alpha value is -3.26. The second-order valence-corrected chi connectivity index (χ2v) is 9.75. The van der Waals surface area contributed by atoms with Crippen molar-refractivity contribution in [3.63, 3.8) is 0 Å². The summed E-state index contributed by atoms with van der Waals surface area (Å²) in [6, 6.07) is 12.4. The number of nitrogens with one attached hydrogen (secondary N) is 2. The summed E-state index contributed by atoms with van der Waals surface area (Å²) in [5.74, 6) is -0.259. The maximum atomic E-state index is 13.7. The van der Waals surface area contributed by atoms with Crippen LogP contribution in [0, 0.1) is 6.92 Å². The van der Waals surface area contributed by atoms with Gasteiger partial charge in [-0.05, 0) is 50.3 Å². The van der Waals surface area contributed by atoms with Gasteiger partial charge in [0.05, 0.1) is 6.10 Å². The van der Waals surface area contributed by atoms with Gasteiger partial charge >= 0.3 is 0 Å². The minimum atomic E-state index is -0.776. The van der Waals surface area contributed by atoms with Crippen LogP contribution in [0.1, 0.15) is 68.5 Å². The molecule has 2 fully saturated rings. The van der Waals surface area contributed by atoms with Crippen LogP contribution >= 0.6 is 0 Å². The largest absolute Gasteiger partial charge is 0.376 e. The van der Waals surface area contributed by atoms with Gasteiger partial charge in [-0.25, -0.2) is 4.98 Å². The lowest BCUT2D eigenvalue weighted by Crippen LogP contribution is -2.48. The van der Waals surface area contributed by atoms with Gasteiger partial charge < -0.3 is 20.3 Å². The lowest BCUT2D eigenvalue weighted by atomic mass is 10.0. The van der Waals surface area contributed by atoms with E-state index in [0.29, 0.717) is 19.0 Å². The summed E-state index contributed by atoms with van der Waals surface area (Å²) in [5, 5.41) is 5.91. The maximum absolute atomic E-state index is 13.7. The Balaban J connectivity index is 1.53. The van der Waals surface area contributed by atoms with Gasteiger partial charge in [-0.2, -0.15) is 0 Å². The third kappa shape index (κ3) is 7.13. The van der Waals surface area contributed by atoms with Gasteiger partial charge in [0.25, 0.3) is 0 Å². The van der Waals surface area contributed by atoms with Crippen LogP contribution in [0.4, 0.5) is 5.82 Å². The molecule has 2 atom stereocenters. The normalized spacial score (nSPS) is 18.5. The summed E-state index contributed by atoms with van der Waals surface area (Å²) in [7, 11) is 0. The molecule has 0 unspecified atom stereocenters. The molecule has 0 spiro atoms. The Kier molecular flexibility index (Phi) is 9.06. The first-order valence-electron chi connectivity index (χ1n) is 13.0. The first-order chi connectivity index (χ1) is 17.5. The molecule has 192 valence electrons. The molecule has 1 saturated carbocycles. The van der Waals surface area contributed by atoms with Crippen molar-refractivity contribution >= 4 is 23.5 Å². The number of amides is 3. The van der Waals surface area contributed by atoms with E-state index in [2.05, 4.69) is 15.6 Å². The molecule has 3 amide bonds. The highest BCUT2D eigenvalue weighted by Crippen LogP contribution is 2.27. The van der Waals surface area contributed by atoms with Gasteiger partial charge in [0.2, 0.25) is 17.7 Å². The topological polar surface area (TPSA) is 101 Å². The molecule has 2 aromatic rings. The molecule has 1 aromatic heterocycles. The van der Waals surface area contributed by atoms with E-state index in [1.807, 2.05) is 31.2 Å². The Labute approximate surface area is 212 Å². The maximum Gasteiger partial charge on any atom is 0.247 e. The molecule has 2 aliphatic rings. The number of nitrogens with zero attached hydrogens (tertiary/aromatic N) is 2. The zero-order chi connectivity index (χ0) is 25.3. The van der Waals surface area contributed by atoms with E-state index < -0.39 is 6.04 Å². The summed E-state index contributed by atoms with van der Waals surface area (Å²) in [5.41, 5.74) is 1.84. The summed E-state index contributed by atoms with van der Waals surface area (Å²) in [4.78, 5) is 45.5. The Morgan fingerprint density at radius 1 is 1.03 bits per heavy atom. The number of anilines is 1. The SMILES string of the molecule is Cc1ccc([C@@H](C(=O)NC2CCCC2)N(C[C@H]2CCCO2)C(=O)CCC(=O)Nc2ccccn2)cc1. The lowest BCUT2D eigenvalue weighted by Gasteiger charge is -2.34. The fraction of sp³-hybridized carbons (Fsp3) is 0.500. The van der Waals surface area contributed by atoms with E-state index in [-0.39, 0.29) is 42.7 Å². The van der Waals surface area contributed by atoms with E-state index in [4.69, 9.17) is 4.74 Å². The van der Waals surface area contributed by atoms with Gasteiger partial charge in [-0.3, -0.25) is 14.4 Å². The number of pyridine rings is 1. The van der Waals surface area contributed by atoms with Crippen LogP contribution in [-0.2, 0) is 19.1 Å². The number of carbonyl (C=O) groups is 3. The van der Waals surface area contributed by atoms with Crippen LogP contribution in [0.5, 0.6) is 0 Å². The zero-order valence-electron chi connectivity index (χ0n) is 20.9. The number of rotatable bonds is 10.